The number of rotatable bonds is 6. The maximum Gasteiger partial charge on any atom is 0.344 e. The minimum atomic E-state index is -3.96. The van der Waals surface area contributed by atoms with Crippen LogP contribution in [0.4, 0.5) is 4.39 Å². The molecule has 1 heterocycles. The monoisotopic (exact) mass is 418 g/mol. The topological polar surface area (TPSA) is 85.3 Å². The second-order valence-electron chi connectivity index (χ2n) is 6.29. The van der Waals surface area contributed by atoms with Gasteiger partial charge in [0.15, 0.2) is 0 Å². The summed E-state index contributed by atoms with van der Waals surface area (Å²) in [6.45, 7) is 1.35. The standard InChI is InChI=1S/C20H19FN2O5S/c1-14-19(20(24)28-13-16-3-7-17(21)8-4-16)12-23(29(25,26)22-14)11-15-5-9-18(27-2)10-6-15/h3-10,12H,11,13H2,1-2H3. The first kappa shape index (κ1) is 20.5. The average molecular weight is 418 g/mol. The van der Waals surface area contributed by atoms with E-state index in [4.69, 9.17) is 9.47 Å². The van der Waals surface area contributed by atoms with Crippen molar-refractivity contribution in [3.05, 3.63) is 77.2 Å². The van der Waals surface area contributed by atoms with Crippen LogP contribution in [-0.2, 0) is 32.9 Å². The van der Waals surface area contributed by atoms with Crippen LogP contribution in [0.5, 0.6) is 5.75 Å². The van der Waals surface area contributed by atoms with Crippen LogP contribution in [0.15, 0.2) is 64.7 Å². The largest absolute Gasteiger partial charge is 0.497 e. The molecular weight excluding hydrogens is 399 g/mol. The van der Waals surface area contributed by atoms with Crippen LogP contribution >= 0.6 is 0 Å². The molecular formula is C20H19FN2O5S. The van der Waals surface area contributed by atoms with Crippen LogP contribution in [0.1, 0.15) is 18.1 Å². The van der Waals surface area contributed by atoms with Crippen molar-refractivity contribution in [2.24, 2.45) is 4.40 Å². The third-order valence-corrected chi connectivity index (χ3v) is 5.54. The molecule has 1 aliphatic rings. The van der Waals surface area contributed by atoms with Crippen molar-refractivity contribution in [2.45, 2.75) is 20.1 Å². The van der Waals surface area contributed by atoms with Gasteiger partial charge in [0.2, 0.25) is 0 Å². The van der Waals surface area contributed by atoms with Gasteiger partial charge >= 0.3 is 16.2 Å². The minimum absolute atomic E-state index is 0.00213. The molecule has 3 rings (SSSR count). The van der Waals surface area contributed by atoms with Crippen LogP contribution in [0.3, 0.4) is 0 Å². The fourth-order valence-electron chi connectivity index (χ4n) is 2.62. The first-order valence-corrected chi connectivity index (χ1v) is 10.0. The second kappa shape index (κ2) is 8.44. The van der Waals surface area contributed by atoms with Crippen molar-refractivity contribution in [1.29, 1.82) is 0 Å². The fraction of sp³-hybridized carbons (Fsp3) is 0.200. The van der Waals surface area contributed by atoms with E-state index in [2.05, 4.69) is 4.40 Å². The van der Waals surface area contributed by atoms with E-state index >= 15 is 0 Å². The van der Waals surface area contributed by atoms with Gasteiger partial charge < -0.3 is 9.47 Å². The lowest BCUT2D eigenvalue weighted by molar-refractivity contribution is -0.139. The number of ether oxygens (including phenoxy) is 2. The molecule has 152 valence electrons. The van der Waals surface area contributed by atoms with Gasteiger partial charge in [-0.1, -0.05) is 24.3 Å². The quantitative estimate of drug-likeness (QED) is 0.674. The van der Waals surface area contributed by atoms with Gasteiger partial charge in [0.25, 0.3) is 0 Å². The lowest BCUT2D eigenvalue weighted by Crippen LogP contribution is -2.31. The summed E-state index contributed by atoms with van der Waals surface area (Å²) in [5.41, 5.74) is 1.38. The van der Waals surface area contributed by atoms with Gasteiger partial charge in [0.1, 0.15) is 18.2 Å². The Kier molecular flexibility index (Phi) is 5.97. The third kappa shape index (κ3) is 5.00. The Labute approximate surface area is 168 Å². The predicted molar refractivity (Wildman–Crippen MR) is 105 cm³/mol. The smallest absolute Gasteiger partial charge is 0.344 e. The molecule has 0 atom stereocenters. The number of hydrogen-bond acceptors (Lipinski definition) is 5. The number of hydrogen-bond donors (Lipinski definition) is 0. The highest BCUT2D eigenvalue weighted by molar-refractivity contribution is 7.88. The van der Waals surface area contributed by atoms with E-state index < -0.39 is 22.0 Å². The molecule has 0 unspecified atom stereocenters. The molecule has 9 heteroatoms. The lowest BCUT2D eigenvalue weighted by Gasteiger charge is -2.23. The molecule has 0 aliphatic carbocycles. The molecule has 0 saturated heterocycles. The van der Waals surface area contributed by atoms with Gasteiger partial charge in [-0.05, 0) is 42.3 Å². The highest BCUT2D eigenvalue weighted by Gasteiger charge is 2.29. The molecule has 0 spiro atoms. The van der Waals surface area contributed by atoms with Gasteiger partial charge in [-0.2, -0.15) is 8.42 Å². The highest BCUT2D eigenvalue weighted by atomic mass is 32.2. The highest BCUT2D eigenvalue weighted by Crippen LogP contribution is 2.22. The Balaban J connectivity index is 1.76. The van der Waals surface area contributed by atoms with Gasteiger partial charge in [-0.15, -0.1) is 4.40 Å². The van der Waals surface area contributed by atoms with Crippen LogP contribution in [0.25, 0.3) is 0 Å². The van der Waals surface area contributed by atoms with E-state index in [1.165, 1.54) is 44.5 Å². The van der Waals surface area contributed by atoms with Crippen LogP contribution in [0, 0.1) is 5.82 Å². The SMILES string of the molecule is COc1ccc(CN2C=C(C(=O)OCc3ccc(F)cc3)C(C)=NS2(=O)=O)cc1. The number of carbonyl (C=O) groups is 1. The molecule has 7 nitrogen and oxygen atoms in total. The Morgan fingerprint density at radius 3 is 2.31 bits per heavy atom. The van der Waals surface area contributed by atoms with Gasteiger partial charge in [0, 0.05) is 6.20 Å². The van der Waals surface area contributed by atoms with Crippen molar-refractivity contribution in [3.8, 4) is 5.75 Å². The number of methoxy groups -OCH3 is 1. The van der Waals surface area contributed by atoms with E-state index in [-0.39, 0.29) is 24.4 Å². The molecule has 0 fully saturated rings. The Morgan fingerprint density at radius 1 is 1.07 bits per heavy atom. The fourth-order valence-corrected chi connectivity index (χ4v) is 3.72. The molecule has 0 N–H and O–H groups in total. The molecule has 1 aliphatic heterocycles. The predicted octanol–water partition coefficient (Wildman–Crippen LogP) is 2.98. The zero-order valence-electron chi connectivity index (χ0n) is 15.8. The maximum absolute atomic E-state index is 13.0. The van der Waals surface area contributed by atoms with E-state index in [1.807, 2.05) is 0 Å². The second-order valence-corrected chi connectivity index (χ2v) is 7.84. The van der Waals surface area contributed by atoms with E-state index in [1.54, 1.807) is 24.3 Å². The van der Waals surface area contributed by atoms with E-state index in [9.17, 15) is 17.6 Å². The normalized spacial score (nSPS) is 15.3. The average Bonchev–Trinajstić information content (AvgIpc) is 2.69. The molecule has 0 saturated carbocycles. The zero-order valence-corrected chi connectivity index (χ0v) is 16.6. The molecule has 0 radical (unpaired) electrons. The Hall–Kier alpha value is -3.20. The summed E-state index contributed by atoms with van der Waals surface area (Å²) < 4.78 is 52.7. The summed E-state index contributed by atoms with van der Waals surface area (Å²) in [7, 11) is -2.42. The van der Waals surface area contributed by atoms with Crippen molar-refractivity contribution >= 4 is 21.9 Å². The molecule has 0 aromatic heterocycles. The van der Waals surface area contributed by atoms with Crippen LogP contribution in [-0.4, -0.2) is 31.5 Å². The van der Waals surface area contributed by atoms with Crippen LogP contribution in [0.2, 0.25) is 0 Å². The van der Waals surface area contributed by atoms with Crippen molar-refractivity contribution in [1.82, 2.24) is 4.31 Å². The Bertz CT molecular complexity index is 1060. The van der Waals surface area contributed by atoms with E-state index in [0.717, 1.165) is 4.31 Å². The lowest BCUT2D eigenvalue weighted by atomic mass is 10.2. The molecule has 0 bridgehead atoms. The number of carbonyl (C=O) groups excluding carboxylic acids is 1. The van der Waals surface area contributed by atoms with Gasteiger partial charge in [0.05, 0.1) is 24.9 Å². The molecule has 2 aromatic rings. The summed E-state index contributed by atoms with van der Waals surface area (Å²) in [6, 6.07) is 12.4. The molecule has 2 aromatic carbocycles. The number of halogens is 1. The zero-order chi connectivity index (χ0) is 21.0. The van der Waals surface area contributed by atoms with Crippen LogP contribution < -0.4 is 4.74 Å². The van der Waals surface area contributed by atoms with Crippen molar-refractivity contribution in [3.63, 3.8) is 0 Å². The third-order valence-electron chi connectivity index (χ3n) is 4.21. The van der Waals surface area contributed by atoms with Crippen molar-refractivity contribution < 1.29 is 27.1 Å². The van der Waals surface area contributed by atoms with Gasteiger partial charge in [-0.3, -0.25) is 4.31 Å². The summed E-state index contributed by atoms with van der Waals surface area (Å²) in [5, 5.41) is 0. The first-order chi connectivity index (χ1) is 13.8. The summed E-state index contributed by atoms with van der Waals surface area (Å²) in [4.78, 5) is 12.5. The minimum Gasteiger partial charge on any atom is -0.497 e. The number of nitrogens with zero attached hydrogens (tertiary/aromatic N) is 2. The number of benzene rings is 2. The summed E-state index contributed by atoms with van der Waals surface area (Å²) in [5.74, 6) is -0.465. The summed E-state index contributed by atoms with van der Waals surface area (Å²) in [6.07, 6.45) is 1.22. The maximum atomic E-state index is 13.0. The summed E-state index contributed by atoms with van der Waals surface area (Å²) >= 11 is 0. The van der Waals surface area contributed by atoms with Crippen molar-refractivity contribution in [2.75, 3.05) is 7.11 Å². The molecule has 0 amide bonds. The van der Waals surface area contributed by atoms with E-state index in [0.29, 0.717) is 16.9 Å². The molecule has 29 heavy (non-hydrogen) atoms. The first-order valence-electron chi connectivity index (χ1n) is 8.63. The number of esters is 1. The Morgan fingerprint density at radius 2 is 1.69 bits per heavy atom. The van der Waals surface area contributed by atoms with Gasteiger partial charge in [-0.25, -0.2) is 9.18 Å².